The maximum Gasteiger partial charge on any atom is 0.305 e. The van der Waals surface area contributed by atoms with Crippen LogP contribution < -0.4 is 20.5 Å². The number of aromatic nitrogens is 5. The van der Waals surface area contributed by atoms with Crippen LogP contribution in [-0.4, -0.2) is 66.8 Å². The average molecular weight is 738 g/mol. The van der Waals surface area contributed by atoms with Crippen molar-refractivity contribution in [2.75, 3.05) is 12.3 Å². The first-order valence-electron chi connectivity index (χ1n) is 17.7. The zero-order valence-corrected chi connectivity index (χ0v) is 29.7. The van der Waals surface area contributed by atoms with Crippen molar-refractivity contribution < 1.29 is 33.3 Å². The number of benzene rings is 3. The van der Waals surface area contributed by atoms with Crippen LogP contribution >= 0.6 is 0 Å². The molecule has 1 unspecified atom stereocenters. The van der Waals surface area contributed by atoms with Crippen molar-refractivity contribution in [1.29, 1.82) is 0 Å². The number of nitrogens with two attached hydrogens (primary N) is 1. The lowest BCUT2D eigenvalue weighted by Crippen LogP contribution is -2.37. The van der Waals surface area contributed by atoms with Gasteiger partial charge in [0.15, 0.2) is 40.8 Å². The van der Waals surface area contributed by atoms with Gasteiger partial charge in [-0.25, -0.2) is 15.0 Å². The minimum Gasteiger partial charge on any atom is -0.440 e. The number of carbonyl (C=O) groups is 2. The lowest BCUT2D eigenvalue weighted by atomic mass is 9.97. The van der Waals surface area contributed by atoms with E-state index in [1.165, 1.54) is 12.4 Å². The molecule has 14 heteroatoms. The summed E-state index contributed by atoms with van der Waals surface area (Å²) in [5.74, 6) is -2.33. The number of fused-ring (bicyclic) bond motifs is 3. The lowest BCUT2D eigenvalue weighted by molar-refractivity contribution is -0.191. The Morgan fingerprint density at radius 3 is 2.31 bits per heavy atom. The summed E-state index contributed by atoms with van der Waals surface area (Å²) in [6.45, 7) is 3.80. The molecule has 0 radical (unpaired) electrons. The fraction of sp³-hybridized carbons (Fsp3) is 0.220. The lowest BCUT2D eigenvalue weighted by Gasteiger charge is -2.28. The monoisotopic (exact) mass is 737 g/mol. The van der Waals surface area contributed by atoms with Gasteiger partial charge in [0.05, 0.1) is 11.9 Å². The first-order chi connectivity index (χ1) is 26.7. The zero-order valence-electron chi connectivity index (χ0n) is 29.7. The Balaban J connectivity index is 1.00. The molecule has 1 amide bonds. The van der Waals surface area contributed by atoms with Crippen molar-refractivity contribution in [2.24, 2.45) is 0 Å². The molecule has 0 saturated carbocycles. The first-order valence-corrected chi connectivity index (χ1v) is 17.7. The molecule has 0 bridgehead atoms. The van der Waals surface area contributed by atoms with Crippen molar-refractivity contribution in [2.45, 2.75) is 50.0 Å². The third-order valence-electron chi connectivity index (χ3n) is 9.74. The van der Waals surface area contributed by atoms with Gasteiger partial charge in [0.1, 0.15) is 30.2 Å². The smallest absolute Gasteiger partial charge is 0.305 e. The summed E-state index contributed by atoms with van der Waals surface area (Å²) in [6, 6.07) is 25.3. The van der Waals surface area contributed by atoms with E-state index >= 15 is 0 Å². The standard InChI is InChI=1S/C41H35N7O7/c1-40(2)53-34-29(51-39(35(34)54-40)48-23-47-31-36(42)45-22-46-37(31)48)14-9-17-44-38(50)28-20-25(32(49)24-15-18-43-19-16-24)21-30-33(28)55-41(52-30,26-10-5-3-6-11-26)27-12-7-4-8-13-27/h3-16,18-23,29,34-35,39H,17H2,1-2H3,(H,44,50)(H2,42,45,46)/b14-9+/t29-,34?,35+,39-/m1/s1. The van der Waals surface area contributed by atoms with E-state index in [-0.39, 0.29) is 40.8 Å². The molecule has 4 atom stereocenters. The molecule has 6 aromatic rings. The second-order valence-corrected chi connectivity index (χ2v) is 13.7. The number of carbonyl (C=O) groups excluding carboxylic acids is 2. The number of nitrogens with one attached hydrogen (secondary N) is 1. The predicted molar refractivity (Wildman–Crippen MR) is 198 cm³/mol. The fourth-order valence-electron chi connectivity index (χ4n) is 7.28. The summed E-state index contributed by atoms with van der Waals surface area (Å²) in [4.78, 5) is 44.7. The van der Waals surface area contributed by atoms with Crippen LogP contribution in [0.15, 0.2) is 122 Å². The summed E-state index contributed by atoms with van der Waals surface area (Å²) in [7, 11) is 0. The van der Waals surface area contributed by atoms with Gasteiger partial charge in [0.2, 0.25) is 0 Å². The number of ketones is 1. The quantitative estimate of drug-likeness (QED) is 0.148. The molecular weight excluding hydrogens is 702 g/mol. The zero-order chi connectivity index (χ0) is 37.7. The number of ether oxygens (including phenoxy) is 5. The molecule has 3 aromatic heterocycles. The number of hydrogen-bond acceptors (Lipinski definition) is 12. The van der Waals surface area contributed by atoms with Crippen molar-refractivity contribution in [1.82, 2.24) is 29.8 Å². The Kier molecular flexibility index (Phi) is 8.37. The normalized spacial score (nSPS) is 21.9. The van der Waals surface area contributed by atoms with Crippen molar-refractivity contribution in [3.8, 4) is 11.5 Å². The number of imidazole rings is 1. The maximum atomic E-state index is 14.1. The van der Waals surface area contributed by atoms with Crippen LogP contribution in [-0.2, 0) is 20.0 Å². The minimum atomic E-state index is -1.42. The van der Waals surface area contributed by atoms with E-state index in [4.69, 9.17) is 29.4 Å². The summed E-state index contributed by atoms with van der Waals surface area (Å²) >= 11 is 0. The van der Waals surface area contributed by atoms with Gasteiger partial charge in [0.25, 0.3) is 5.91 Å². The largest absolute Gasteiger partial charge is 0.440 e. The van der Waals surface area contributed by atoms with Crippen molar-refractivity contribution >= 4 is 28.7 Å². The van der Waals surface area contributed by atoms with E-state index in [1.807, 2.05) is 80.6 Å². The summed E-state index contributed by atoms with van der Waals surface area (Å²) in [5, 5.41) is 2.95. The van der Waals surface area contributed by atoms with Gasteiger partial charge in [-0.3, -0.25) is 19.1 Å². The van der Waals surface area contributed by atoms with Crippen LogP contribution in [0.2, 0.25) is 0 Å². The fourth-order valence-corrected chi connectivity index (χ4v) is 7.28. The van der Waals surface area contributed by atoms with E-state index in [0.717, 1.165) is 0 Å². The Morgan fingerprint density at radius 2 is 1.58 bits per heavy atom. The predicted octanol–water partition coefficient (Wildman–Crippen LogP) is 5.11. The number of nitrogen functional groups attached to an aromatic ring is 1. The number of hydrogen-bond donors (Lipinski definition) is 2. The van der Waals surface area contributed by atoms with Crippen LogP contribution in [0.1, 0.15) is 57.5 Å². The molecule has 276 valence electrons. The van der Waals surface area contributed by atoms with Crippen LogP contribution in [0.4, 0.5) is 5.82 Å². The molecule has 2 saturated heterocycles. The Labute approximate surface area is 314 Å². The van der Waals surface area contributed by atoms with E-state index in [9.17, 15) is 9.59 Å². The molecule has 2 fully saturated rings. The Morgan fingerprint density at radius 1 is 0.873 bits per heavy atom. The highest BCUT2D eigenvalue weighted by molar-refractivity contribution is 6.11. The number of anilines is 1. The van der Waals surface area contributed by atoms with Gasteiger partial charge < -0.3 is 34.7 Å². The van der Waals surface area contributed by atoms with Crippen LogP contribution in [0.5, 0.6) is 11.5 Å². The molecule has 6 heterocycles. The topological polar surface area (TPSA) is 175 Å². The molecule has 3 aliphatic rings. The first kappa shape index (κ1) is 34.3. The highest BCUT2D eigenvalue weighted by atomic mass is 16.8. The second-order valence-electron chi connectivity index (χ2n) is 13.7. The SMILES string of the molecule is CC1(C)OC2[C@@H](/C=C/CNC(=O)c3cc(C(=O)c4ccncc4)cc4c3OC(c3ccccc3)(c3ccccc3)O4)O[C@@H](n3cnc4c(N)ncnc43)[C@H]2O1. The molecule has 3 aromatic carbocycles. The van der Waals surface area contributed by atoms with Gasteiger partial charge in [-0.15, -0.1) is 0 Å². The third kappa shape index (κ3) is 6.06. The Hall–Kier alpha value is -6.48. The van der Waals surface area contributed by atoms with Gasteiger partial charge in [-0.2, -0.15) is 0 Å². The van der Waals surface area contributed by atoms with E-state index in [0.29, 0.717) is 27.9 Å². The van der Waals surface area contributed by atoms with Crippen LogP contribution in [0.25, 0.3) is 11.2 Å². The van der Waals surface area contributed by atoms with Gasteiger partial charge in [0, 0.05) is 41.2 Å². The highest BCUT2D eigenvalue weighted by Crippen LogP contribution is 2.50. The van der Waals surface area contributed by atoms with Gasteiger partial charge in [-0.05, 0) is 38.1 Å². The second kappa shape index (κ2) is 13.4. The summed E-state index contributed by atoms with van der Waals surface area (Å²) < 4.78 is 34.1. The third-order valence-corrected chi connectivity index (χ3v) is 9.74. The molecule has 3 N–H and O–H groups in total. The molecule has 55 heavy (non-hydrogen) atoms. The maximum absolute atomic E-state index is 14.1. The average Bonchev–Trinajstić information content (AvgIpc) is 3.98. The summed E-state index contributed by atoms with van der Waals surface area (Å²) in [6.07, 6.45) is 7.56. The Bertz CT molecular complexity index is 2400. The van der Waals surface area contributed by atoms with Crippen LogP contribution in [0.3, 0.4) is 0 Å². The van der Waals surface area contributed by atoms with E-state index < -0.39 is 42.0 Å². The van der Waals surface area contributed by atoms with E-state index in [1.54, 1.807) is 47.6 Å². The number of nitrogens with zero attached hydrogens (tertiary/aromatic N) is 5. The molecule has 3 aliphatic heterocycles. The molecule has 9 rings (SSSR count). The van der Waals surface area contributed by atoms with Gasteiger partial charge >= 0.3 is 5.79 Å². The molecular formula is C41H35N7O7. The van der Waals surface area contributed by atoms with E-state index in [2.05, 4.69) is 25.3 Å². The number of rotatable bonds is 9. The highest BCUT2D eigenvalue weighted by Gasteiger charge is 2.55. The summed E-state index contributed by atoms with van der Waals surface area (Å²) in [5.41, 5.74) is 9.22. The number of pyridine rings is 1. The van der Waals surface area contributed by atoms with Gasteiger partial charge in [-0.1, -0.05) is 72.8 Å². The van der Waals surface area contributed by atoms with Crippen molar-refractivity contribution in [3.05, 3.63) is 150 Å². The molecule has 0 spiro atoms. The number of amides is 1. The minimum absolute atomic E-state index is 0.115. The van der Waals surface area contributed by atoms with Crippen LogP contribution in [0, 0.1) is 0 Å². The molecule has 0 aliphatic carbocycles. The van der Waals surface area contributed by atoms with Crippen molar-refractivity contribution in [3.63, 3.8) is 0 Å². The molecule has 14 nitrogen and oxygen atoms in total.